The van der Waals surface area contributed by atoms with E-state index in [1.165, 1.54) is 6.07 Å². The summed E-state index contributed by atoms with van der Waals surface area (Å²) in [7, 11) is 1.03. The number of carbonyl (C=O) groups excluding carboxylic acids is 1. The molecule has 0 fully saturated rings. The largest absolute Gasteiger partial charge is 0.468 e. The number of hydrogen-bond acceptors (Lipinski definition) is 3. The topological polar surface area (TPSA) is 52.3 Å². The van der Waals surface area contributed by atoms with Crippen molar-refractivity contribution in [2.75, 3.05) is 7.11 Å². The van der Waals surface area contributed by atoms with Gasteiger partial charge in [-0.3, -0.25) is 4.79 Å². The minimum absolute atomic E-state index is 0.224. The predicted octanol–water partition coefficient (Wildman–Crippen LogP) is 2.53. The lowest BCUT2D eigenvalue weighted by Crippen LogP contribution is -2.26. The SMILES string of the molecule is COC(=O)C(N)c1c(Cl)cccc1C(F)(F)F. The van der Waals surface area contributed by atoms with Crippen LogP contribution in [0, 0.1) is 0 Å². The van der Waals surface area contributed by atoms with Gasteiger partial charge in [0.25, 0.3) is 0 Å². The Morgan fingerprint density at radius 3 is 2.53 bits per heavy atom. The van der Waals surface area contributed by atoms with Crippen molar-refractivity contribution in [3.63, 3.8) is 0 Å². The second-order valence-corrected chi connectivity index (χ2v) is 3.61. The number of benzene rings is 1. The first-order valence-electron chi connectivity index (χ1n) is 4.48. The molecule has 1 aromatic rings. The summed E-state index contributed by atoms with van der Waals surface area (Å²) in [5.41, 5.74) is 3.87. The molecule has 7 heteroatoms. The van der Waals surface area contributed by atoms with E-state index in [-0.39, 0.29) is 5.02 Å². The van der Waals surface area contributed by atoms with Crippen LogP contribution in [0.5, 0.6) is 0 Å². The van der Waals surface area contributed by atoms with Crippen LogP contribution in [0.1, 0.15) is 17.2 Å². The van der Waals surface area contributed by atoms with Crippen molar-refractivity contribution in [3.8, 4) is 0 Å². The molecule has 0 amide bonds. The zero-order chi connectivity index (χ0) is 13.2. The summed E-state index contributed by atoms with van der Waals surface area (Å²) >= 11 is 5.64. The van der Waals surface area contributed by atoms with Gasteiger partial charge in [-0.1, -0.05) is 17.7 Å². The van der Waals surface area contributed by atoms with Crippen molar-refractivity contribution in [2.45, 2.75) is 12.2 Å². The number of nitrogens with two attached hydrogens (primary N) is 1. The molecule has 0 spiro atoms. The van der Waals surface area contributed by atoms with Crippen molar-refractivity contribution in [3.05, 3.63) is 34.3 Å². The molecule has 0 heterocycles. The van der Waals surface area contributed by atoms with Crippen molar-refractivity contribution in [2.24, 2.45) is 5.73 Å². The van der Waals surface area contributed by atoms with Crippen molar-refractivity contribution in [1.29, 1.82) is 0 Å². The van der Waals surface area contributed by atoms with Gasteiger partial charge >= 0.3 is 12.1 Å². The zero-order valence-corrected chi connectivity index (χ0v) is 9.47. The third-order valence-electron chi connectivity index (χ3n) is 2.12. The first-order chi connectivity index (χ1) is 7.79. The molecule has 2 N–H and O–H groups in total. The summed E-state index contributed by atoms with van der Waals surface area (Å²) in [4.78, 5) is 11.2. The maximum absolute atomic E-state index is 12.7. The van der Waals surface area contributed by atoms with Crippen LogP contribution in [-0.2, 0) is 15.7 Å². The lowest BCUT2D eigenvalue weighted by molar-refractivity contribution is -0.144. The molecule has 0 saturated carbocycles. The number of methoxy groups -OCH3 is 1. The molecule has 0 radical (unpaired) electrons. The Hall–Kier alpha value is -1.27. The monoisotopic (exact) mass is 267 g/mol. The molecule has 0 aliphatic rings. The van der Waals surface area contributed by atoms with E-state index in [4.69, 9.17) is 17.3 Å². The van der Waals surface area contributed by atoms with E-state index < -0.39 is 29.3 Å². The number of halogens is 4. The Bertz CT molecular complexity index is 434. The van der Waals surface area contributed by atoms with E-state index in [0.29, 0.717) is 0 Å². The Kier molecular flexibility index (Phi) is 4.00. The van der Waals surface area contributed by atoms with Gasteiger partial charge in [-0.05, 0) is 12.1 Å². The molecule has 17 heavy (non-hydrogen) atoms. The quantitative estimate of drug-likeness (QED) is 0.838. The summed E-state index contributed by atoms with van der Waals surface area (Å²) < 4.78 is 42.4. The average Bonchev–Trinajstić information content (AvgIpc) is 2.25. The summed E-state index contributed by atoms with van der Waals surface area (Å²) in [6.07, 6.45) is -4.63. The Morgan fingerprint density at radius 2 is 2.06 bits per heavy atom. The molecule has 1 rings (SSSR count). The molecule has 1 aromatic carbocycles. The number of rotatable bonds is 2. The van der Waals surface area contributed by atoms with Gasteiger partial charge in [0.2, 0.25) is 0 Å². The van der Waals surface area contributed by atoms with Crippen LogP contribution < -0.4 is 5.73 Å². The zero-order valence-electron chi connectivity index (χ0n) is 8.72. The lowest BCUT2D eigenvalue weighted by atomic mass is 10.0. The van der Waals surface area contributed by atoms with Crippen LogP contribution >= 0.6 is 11.6 Å². The molecule has 0 aliphatic carbocycles. The predicted molar refractivity (Wildman–Crippen MR) is 55.4 cm³/mol. The molecule has 1 atom stereocenters. The molecule has 1 unspecified atom stereocenters. The second-order valence-electron chi connectivity index (χ2n) is 3.20. The maximum atomic E-state index is 12.7. The van der Waals surface area contributed by atoms with E-state index in [1.807, 2.05) is 0 Å². The van der Waals surface area contributed by atoms with E-state index in [9.17, 15) is 18.0 Å². The van der Waals surface area contributed by atoms with Gasteiger partial charge in [0.05, 0.1) is 12.7 Å². The molecule has 3 nitrogen and oxygen atoms in total. The Morgan fingerprint density at radius 1 is 1.47 bits per heavy atom. The standard InChI is InChI=1S/C10H9ClF3NO2/c1-17-9(16)8(15)7-5(10(12,13)14)3-2-4-6(7)11/h2-4,8H,15H2,1H3. The van der Waals surface area contributed by atoms with Gasteiger partial charge < -0.3 is 10.5 Å². The molecule has 94 valence electrons. The Balaban J connectivity index is 3.35. The minimum atomic E-state index is -4.63. The first-order valence-corrected chi connectivity index (χ1v) is 4.86. The van der Waals surface area contributed by atoms with Gasteiger partial charge in [-0.25, -0.2) is 0 Å². The molecular formula is C10H9ClF3NO2. The summed E-state index contributed by atoms with van der Waals surface area (Å²) in [6.45, 7) is 0. The van der Waals surface area contributed by atoms with E-state index in [1.54, 1.807) is 0 Å². The van der Waals surface area contributed by atoms with Crippen molar-refractivity contribution in [1.82, 2.24) is 0 Å². The maximum Gasteiger partial charge on any atom is 0.416 e. The number of hydrogen-bond donors (Lipinski definition) is 1. The number of alkyl halides is 3. The van der Waals surface area contributed by atoms with Gasteiger partial charge in [0.1, 0.15) is 6.04 Å². The van der Waals surface area contributed by atoms with Crippen molar-refractivity contribution >= 4 is 17.6 Å². The van der Waals surface area contributed by atoms with Gasteiger partial charge in [0.15, 0.2) is 0 Å². The molecule has 0 saturated heterocycles. The number of carbonyl (C=O) groups is 1. The minimum Gasteiger partial charge on any atom is -0.468 e. The summed E-state index contributed by atoms with van der Waals surface area (Å²) in [5.74, 6) is -0.983. The third-order valence-corrected chi connectivity index (χ3v) is 2.45. The lowest BCUT2D eigenvalue weighted by Gasteiger charge is -2.17. The van der Waals surface area contributed by atoms with Gasteiger partial charge in [-0.15, -0.1) is 0 Å². The number of ether oxygens (including phenoxy) is 1. The normalized spacial score (nSPS) is 13.3. The first kappa shape index (κ1) is 13.8. The molecule has 0 bridgehead atoms. The van der Waals surface area contributed by atoms with Crippen LogP contribution in [-0.4, -0.2) is 13.1 Å². The fourth-order valence-corrected chi connectivity index (χ4v) is 1.64. The molecular weight excluding hydrogens is 259 g/mol. The fourth-order valence-electron chi connectivity index (χ4n) is 1.35. The third kappa shape index (κ3) is 2.89. The van der Waals surface area contributed by atoms with E-state index in [0.717, 1.165) is 19.2 Å². The van der Waals surface area contributed by atoms with Crippen LogP contribution in [0.4, 0.5) is 13.2 Å². The Labute approximate surface area is 100 Å². The molecule has 0 aromatic heterocycles. The smallest absolute Gasteiger partial charge is 0.416 e. The highest BCUT2D eigenvalue weighted by Crippen LogP contribution is 2.37. The highest BCUT2D eigenvalue weighted by atomic mass is 35.5. The number of esters is 1. The van der Waals surface area contributed by atoms with Crippen LogP contribution in [0.15, 0.2) is 18.2 Å². The average molecular weight is 268 g/mol. The van der Waals surface area contributed by atoms with E-state index >= 15 is 0 Å². The highest BCUT2D eigenvalue weighted by molar-refractivity contribution is 6.31. The van der Waals surface area contributed by atoms with Gasteiger partial charge in [0, 0.05) is 10.6 Å². The van der Waals surface area contributed by atoms with Crippen LogP contribution in [0.2, 0.25) is 5.02 Å². The van der Waals surface area contributed by atoms with Crippen LogP contribution in [0.3, 0.4) is 0 Å². The van der Waals surface area contributed by atoms with Crippen LogP contribution in [0.25, 0.3) is 0 Å². The fraction of sp³-hybridized carbons (Fsp3) is 0.300. The van der Waals surface area contributed by atoms with Crippen molar-refractivity contribution < 1.29 is 22.7 Å². The van der Waals surface area contributed by atoms with Gasteiger partial charge in [-0.2, -0.15) is 13.2 Å². The highest BCUT2D eigenvalue weighted by Gasteiger charge is 2.37. The van der Waals surface area contributed by atoms with E-state index in [2.05, 4.69) is 4.74 Å². The molecule has 0 aliphatic heterocycles. The summed E-state index contributed by atoms with van der Waals surface area (Å²) in [5, 5.41) is -0.224. The summed E-state index contributed by atoms with van der Waals surface area (Å²) in [6, 6.07) is 1.61. The second kappa shape index (κ2) is 4.93.